The second kappa shape index (κ2) is 18.4. The number of likely N-dealkylation sites (tertiary alicyclic amines) is 1. The summed E-state index contributed by atoms with van der Waals surface area (Å²) >= 11 is 6.12. The van der Waals surface area contributed by atoms with Crippen LogP contribution in [-0.4, -0.2) is 92.9 Å². The molecule has 0 atom stereocenters. The van der Waals surface area contributed by atoms with Crippen LogP contribution in [0, 0.1) is 27.2 Å². The summed E-state index contributed by atoms with van der Waals surface area (Å²) in [5, 5.41) is 16.2. The molecule has 8 rings (SSSR count). The monoisotopic (exact) mass is 917 g/mol. The zero-order valence-electron chi connectivity index (χ0n) is 35.8. The number of anilines is 2. The molecule has 14 nitrogen and oxygen atoms in total. The maximum atomic E-state index is 15.5. The van der Waals surface area contributed by atoms with Gasteiger partial charge in [-0.1, -0.05) is 25.4 Å². The molecule has 1 amide bonds. The van der Waals surface area contributed by atoms with Gasteiger partial charge < -0.3 is 29.6 Å². The molecule has 0 radical (unpaired) electrons. The number of piperazine rings is 1. The first kappa shape index (κ1) is 44.8. The first-order chi connectivity index (χ1) is 30.5. The molecule has 1 aliphatic carbocycles. The molecule has 3 aliphatic rings. The van der Waals surface area contributed by atoms with Crippen molar-refractivity contribution in [2.45, 2.75) is 56.9 Å². The zero-order chi connectivity index (χ0) is 45.3. The van der Waals surface area contributed by atoms with Crippen LogP contribution in [0.15, 0.2) is 95.2 Å². The largest absolute Gasteiger partial charge is 0.462 e. The van der Waals surface area contributed by atoms with E-state index in [9.17, 15) is 23.3 Å². The number of aromatic amines is 1. The predicted molar refractivity (Wildman–Crippen MR) is 242 cm³/mol. The molecule has 64 heavy (non-hydrogen) atoms. The van der Waals surface area contributed by atoms with Gasteiger partial charge in [0.15, 0.2) is 11.6 Å². The second-order valence-corrected chi connectivity index (χ2v) is 19.6. The van der Waals surface area contributed by atoms with Crippen LogP contribution in [-0.2, 0) is 10.0 Å². The van der Waals surface area contributed by atoms with Crippen molar-refractivity contribution >= 4 is 55.5 Å². The molecule has 4 aromatic carbocycles. The van der Waals surface area contributed by atoms with Gasteiger partial charge in [0, 0.05) is 79.6 Å². The number of rotatable bonds is 13. The van der Waals surface area contributed by atoms with Gasteiger partial charge in [0.25, 0.3) is 21.6 Å². The number of nitro benzene ring substituents is 1. The number of carbonyl (C=O) groups is 1. The summed E-state index contributed by atoms with van der Waals surface area (Å²) in [6, 6.07) is 18.0. The number of nitrogens with one attached hydrogen (secondary N) is 3. The van der Waals surface area contributed by atoms with E-state index in [4.69, 9.17) is 21.1 Å². The van der Waals surface area contributed by atoms with Gasteiger partial charge in [-0.3, -0.25) is 19.8 Å². The zero-order valence-corrected chi connectivity index (χ0v) is 37.3. The minimum Gasteiger partial charge on any atom is -0.462 e. The minimum atomic E-state index is -4.69. The van der Waals surface area contributed by atoms with Crippen molar-refractivity contribution in [1.82, 2.24) is 19.5 Å². The third kappa shape index (κ3) is 10.1. The Labute approximate surface area is 375 Å². The number of H-pyrrole nitrogens is 1. The smallest absolute Gasteiger partial charge is 0.293 e. The van der Waals surface area contributed by atoms with Gasteiger partial charge >= 0.3 is 0 Å². The number of ether oxygens (including phenoxy) is 2. The molecule has 1 aromatic heterocycles. The summed E-state index contributed by atoms with van der Waals surface area (Å²) in [6.45, 7) is 9.32. The van der Waals surface area contributed by atoms with Gasteiger partial charge in [0.2, 0.25) is 5.82 Å². The number of amides is 1. The highest BCUT2D eigenvalue weighted by molar-refractivity contribution is 7.90. The summed E-state index contributed by atoms with van der Waals surface area (Å²) < 4.78 is 72.5. The molecule has 18 heteroatoms. The SMILES string of the molecule is CN1CCC(Nc2ccc(S(=O)(=O)NC(=O)c3ccc(N4CCN(CC5=C(Oc6ccc(Cl)cc6)CC(C)(C)CC5)CC4)cc3Oc3cc4cc[nH]c4c(F)c3F)cc2[N+](=O)[O-])CC1. The van der Waals surface area contributed by atoms with Gasteiger partial charge in [0.1, 0.15) is 22.9 Å². The lowest BCUT2D eigenvalue weighted by molar-refractivity contribution is -0.384. The summed E-state index contributed by atoms with van der Waals surface area (Å²) in [6.07, 6.45) is 5.68. The number of carbonyl (C=O) groups excluding carboxylic acids is 1. The van der Waals surface area contributed by atoms with Gasteiger partial charge in [-0.15, -0.1) is 0 Å². The maximum absolute atomic E-state index is 15.5. The average molecular weight is 918 g/mol. The number of allylic oxidation sites excluding steroid dienone is 1. The van der Waals surface area contributed by atoms with Crippen LogP contribution in [0.1, 0.15) is 56.3 Å². The highest BCUT2D eigenvalue weighted by atomic mass is 35.5. The van der Waals surface area contributed by atoms with Crippen molar-refractivity contribution in [3.63, 3.8) is 0 Å². The van der Waals surface area contributed by atoms with E-state index in [2.05, 4.69) is 38.8 Å². The Morgan fingerprint density at radius 1 is 0.938 bits per heavy atom. The Balaban J connectivity index is 1.02. The number of piperidine rings is 1. The van der Waals surface area contributed by atoms with Crippen molar-refractivity contribution in [1.29, 1.82) is 0 Å². The van der Waals surface area contributed by atoms with E-state index in [0.717, 1.165) is 69.3 Å². The highest BCUT2D eigenvalue weighted by Gasteiger charge is 2.32. The molecule has 3 heterocycles. The van der Waals surface area contributed by atoms with Crippen molar-refractivity contribution in [3.8, 4) is 17.2 Å². The van der Waals surface area contributed by atoms with Gasteiger partial charge in [-0.05, 0) is 117 Å². The van der Waals surface area contributed by atoms with Crippen molar-refractivity contribution in [3.05, 3.63) is 123 Å². The number of benzene rings is 4. The molecule has 338 valence electrons. The van der Waals surface area contributed by atoms with Crippen LogP contribution in [0.3, 0.4) is 0 Å². The van der Waals surface area contributed by atoms with Crippen molar-refractivity contribution in [2.24, 2.45) is 5.41 Å². The molecule has 0 spiro atoms. The van der Waals surface area contributed by atoms with Crippen LogP contribution in [0.2, 0.25) is 5.02 Å². The van der Waals surface area contributed by atoms with Crippen LogP contribution in [0.5, 0.6) is 17.2 Å². The van der Waals surface area contributed by atoms with Gasteiger partial charge in [-0.2, -0.15) is 4.39 Å². The van der Waals surface area contributed by atoms with E-state index >= 15 is 8.78 Å². The lowest BCUT2D eigenvalue weighted by Crippen LogP contribution is -2.47. The Hall–Kier alpha value is -5.75. The normalized spacial score (nSPS) is 17.7. The van der Waals surface area contributed by atoms with E-state index < -0.39 is 48.8 Å². The van der Waals surface area contributed by atoms with Crippen LogP contribution >= 0.6 is 11.6 Å². The Kier molecular flexibility index (Phi) is 12.9. The lowest BCUT2D eigenvalue weighted by atomic mass is 9.77. The van der Waals surface area contributed by atoms with E-state index in [1.807, 2.05) is 23.9 Å². The summed E-state index contributed by atoms with van der Waals surface area (Å²) in [5.41, 5.74) is 1.27. The second-order valence-electron chi connectivity index (χ2n) is 17.5. The molecule has 2 saturated heterocycles. The van der Waals surface area contributed by atoms with Crippen LogP contribution < -0.4 is 24.4 Å². The molecular weight excluding hydrogens is 868 g/mol. The fourth-order valence-electron chi connectivity index (χ4n) is 8.48. The summed E-state index contributed by atoms with van der Waals surface area (Å²) in [5.74, 6) is -2.70. The molecule has 2 fully saturated rings. The lowest BCUT2D eigenvalue weighted by Gasteiger charge is -2.39. The molecule has 0 saturated carbocycles. The first-order valence-electron chi connectivity index (χ1n) is 21.2. The Morgan fingerprint density at radius 3 is 2.39 bits per heavy atom. The molecule has 3 N–H and O–H groups in total. The third-order valence-electron chi connectivity index (χ3n) is 12.2. The average Bonchev–Trinajstić information content (AvgIpc) is 3.74. The Bertz CT molecular complexity index is 2710. The van der Waals surface area contributed by atoms with E-state index in [-0.39, 0.29) is 34.0 Å². The summed E-state index contributed by atoms with van der Waals surface area (Å²) in [7, 11) is -2.70. The van der Waals surface area contributed by atoms with E-state index in [1.165, 1.54) is 48.2 Å². The fourth-order valence-corrected chi connectivity index (χ4v) is 9.59. The predicted octanol–water partition coefficient (Wildman–Crippen LogP) is 9.09. The standard InChI is InChI=1S/C46H50ClF2N7O7S/c1-46(2)16-12-30(41(27-46)62-34-7-4-31(47)5-8-34)28-54-20-22-55(23-21-54)33-6-10-36(39(25-33)63-40-24-29-13-17-50-44(29)43(49)42(40)48)45(57)52-64(60,61)35-9-11-37(38(26-35)56(58)59)51-32-14-18-53(3)19-15-32/h4-11,13,17,24-26,32,50-51H,12,14-16,18-23,27-28H2,1-3H3,(H,52,57). The highest BCUT2D eigenvalue weighted by Crippen LogP contribution is 2.41. The summed E-state index contributed by atoms with van der Waals surface area (Å²) in [4.78, 5) is 34.1. The fraction of sp³-hybridized carbons (Fsp3) is 0.370. The number of hydrogen-bond donors (Lipinski definition) is 3. The number of nitro groups is 1. The minimum absolute atomic E-state index is 0.0414. The number of nitrogens with zero attached hydrogens (tertiary/aromatic N) is 4. The maximum Gasteiger partial charge on any atom is 0.293 e. The number of fused-ring (bicyclic) bond motifs is 1. The van der Waals surface area contributed by atoms with Gasteiger partial charge in [0.05, 0.1) is 20.9 Å². The van der Waals surface area contributed by atoms with Gasteiger partial charge in [-0.25, -0.2) is 17.5 Å². The molecule has 0 unspecified atom stereocenters. The number of hydrogen-bond acceptors (Lipinski definition) is 11. The first-order valence-corrected chi connectivity index (χ1v) is 23.1. The number of aromatic nitrogens is 1. The van der Waals surface area contributed by atoms with E-state index in [1.54, 1.807) is 18.2 Å². The van der Waals surface area contributed by atoms with Crippen LogP contribution in [0.4, 0.5) is 25.8 Å². The van der Waals surface area contributed by atoms with E-state index in [0.29, 0.717) is 42.3 Å². The van der Waals surface area contributed by atoms with Crippen molar-refractivity contribution < 1.29 is 36.4 Å². The topological polar surface area (TPSA) is 162 Å². The van der Waals surface area contributed by atoms with Crippen molar-refractivity contribution in [2.75, 3.05) is 63.1 Å². The quantitative estimate of drug-likeness (QED) is 0.0763. The molecule has 0 bridgehead atoms. The third-order valence-corrected chi connectivity index (χ3v) is 13.8. The number of halogens is 3. The number of sulfonamides is 1. The van der Waals surface area contributed by atoms with Crippen LogP contribution in [0.25, 0.3) is 10.9 Å². The Morgan fingerprint density at radius 2 is 1.67 bits per heavy atom. The molecule has 5 aromatic rings. The molecular formula is C46H50ClF2N7O7S. The molecule has 2 aliphatic heterocycles.